The van der Waals surface area contributed by atoms with Crippen LogP contribution in [0.4, 0.5) is 5.82 Å². The second-order valence-electron chi connectivity index (χ2n) is 8.98. The average molecular weight is 417 g/mol. The number of imidazole rings is 1. The molecule has 0 radical (unpaired) electrons. The van der Waals surface area contributed by atoms with E-state index in [1.807, 2.05) is 30.5 Å². The fourth-order valence-electron chi connectivity index (χ4n) is 4.59. The van der Waals surface area contributed by atoms with Gasteiger partial charge in [0.25, 0.3) is 0 Å². The van der Waals surface area contributed by atoms with Crippen LogP contribution in [0.3, 0.4) is 0 Å². The monoisotopic (exact) mass is 416 g/mol. The first-order chi connectivity index (χ1) is 15.2. The van der Waals surface area contributed by atoms with Gasteiger partial charge in [-0.15, -0.1) is 0 Å². The van der Waals surface area contributed by atoms with Crippen LogP contribution in [0.1, 0.15) is 55.6 Å². The zero-order valence-electron chi connectivity index (χ0n) is 17.9. The normalized spacial score (nSPS) is 20.4. The minimum Gasteiger partial charge on any atom is -0.360 e. The first kappa shape index (κ1) is 18.7. The summed E-state index contributed by atoms with van der Waals surface area (Å²) in [6.45, 7) is 2.80. The molecule has 0 amide bonds. The minimum absolute atomic E-state index is 0.359. The van der Waals surface area contributed by atoms with Gasteiger partial charge in [0, 0.05) is 12.1 Å². The third-order valence-electron chi connectivity index (χ3n) is 6.55. The zero-order chi connectivity index (χ0) is 20.8. The van der Waals surface area contributed by atoms with Crippen LogP contribution in [-0.2, 0) is 6.54 Å². The largest absolute Gasteiger partial charge is 0.360 e. The number of hydrogen-bond donors (Lipinski definition) is 2. The molecule has 1 saturated heterocycles. The van der Waals surface area contributed by atoms with Crippen molar-refractivity contribution >= 4 is 28.0 Å². The van der Waals surface area contributed by atoms with Gasteiger partial charge < -0.3 is 15.2 Å². The van der Waals surface area contributed by atoms with Crippen molar-refractivity contribution in [2.45, 2.75) is 50.6 Å². The first-order valence-corrected chi connectivity index (χ1v) is 11.4. The summed E-state index contributed by atoms with van der Waals surface area (Å²) in [6, 6.07) is 8.45. The highest BCUT2D eigenvalue weighted by atomic mass is 15.4. The molecular weight excluding hydrogens is 388 g/mol. The first-order valence-electron chi connectivity index (χ1n) is 11.4. The Labute approximate surface area is 181 Å². The lowest BCUT2D eigenvalue weighted by Gasteiger charge is -2.16. The maximum absolute atomic E-state index is 5.03. The molecule has 0 bridgehead atoms. The van der Waals surface area contributed by atoms with Gasteiger partial charge in [-0.2, -0.15) is 5.10 Å². The van der Waals surface area contributed by atoms with E-state index >= 15 is 0 Å². The number of likely N-dealkylation sites (tertiary alicyclic amines) is 1. The Kier molecular flexibility index (Phi) is 4.60. The van der Waals surface area contributed by atoms with Crippen molar-refractivity contribution in [1.82, 2.24) is 34.6 Å². The molecule has 4 heterocycles. The fourth-order valence-corrected chi connectivity index (χ4v) is 4.59. The molecule has 8 nitrogen and oxygen atoms in total. The molecule has 1 atom stereocenters. The number of fused-ring (bicyclic) bond motifs is 2. The number of benzene rings is 1. The topological polar surface area (TPSA) is 87.5 Å². The van der Waals surface area contributed by atoms with E-state index in [2.05, 4.69) is 31.9 Å². The summed E-state index contributed by atoms with van der Waals surface area (Å²) in [5.41, 5.74) is 4.92. The van der Waals surface area contributed by atoms with E-state index in [9.17, 15) is 0 Å². The van der Waals surface area contributed by atoms with Crippen molar-refractivity contribution in [1.29, 1.82) is 0 Å². The van der Waals surface area contributed by atoms with Gasteiger partial charge in [-0.3, -0.25) is 0 Å². The number of para-hydroxylation sites is 2. The van der Waals surface area contributed by atoms with Crippen molar-refractivity contribution in [2.75, 3.05) is 25.5 Å². The Hall–Kier alpha value is -3.00. The molecule has 1 aromatic carbocycles. The van der Waals surface area contributed by atoms with Gasteiger partial charge in [-0.05, 0) is 64.4 Å². The molecule has 6 rings (SSSR count). The number of anilines is 1. The SMILES string of the molecule is CN1CCC[C@@H](n2nc(NCc3nc4ccccc4[nH]3)c3ncc(C4CC4)nc32)CC1. The Morgan fingerprint density at radius 1 is 1.10 bits per heavy atom. The lowest BCUT2D eigenvalue weighted by Crippen LogP contribution is -2.19. The predicted octanol–water partition coefficient (Wildman–Crippen LogP) is 3.85. The molecule has 2 aliphatic rings. The highest BCUT2D eigenvalue weighted by Gasteiger charge is 2.28. The molecule has 0 unspecified atom stereocenters. The fraction of sp³-hybridized carbons (Fsp3) is 0.478. The number of aromatic amines is 1. The van der Waals surface area contributed by atoms with Crippen LogP contribution in [0.15, 0.2) is 30.5 Å². The van der Waals surface area contributed by atoms with Crippen LogP contribution in [-0.4, -0.2) is 54.8 Å². The second-order valence-corrected chi connectivity index (χ2v) is 8.98. The zero-order valence-corrected chi connectivity index (χ0v) is 17.9. The summed E-state index contributed by atoms with van der Waals surface area (Å²) in [5, 5.41) is 8.46. The second kappa shape index (κ2) is 7.60. The van der Waals surface area contributed by atoms with Gasteiger partial charge in [0.15, 0.2) is 17.0 Å². The van der Waals surface area contributed by atoms with E-state index in [4.69, 9.17) is 15.1 Å². The van der Waals surface area contributed by atoms with Crippen LogP contribution < -0.4 is 5.32 Å². The van der Waals surface area contributed by atoms with E-state index < -0.39 is 0 Å². The Morgan fingerprint density at radius 2 is 2.00 bits per heavy atom. The van der Waals surface area contributed by atoms with Gasteiger partial charge in [0.2, 0.25) is 0 Å². The summed E-state index contributed by atoms with van der Waals surface area (Å²) in [6.07, 6.45) is 7.78. The van der Waals surface area contributed by atoms with Crippen LogP contribution in [0, 0.1) is 0 Å². The summed E-state index contributed by atoms with van der Waals surface area (Å²) in [7, 11) is 2.20. The summed E-state index contributed by atoms with van der Waals surface area (Å²) < 4.78 is 2.15. The van der Waals surface area contributed by atoms with Gasteiger partial charge in [-0.1, -0.05) is 12.1 Å². The third-order valence-corrected chi connectivity index (χ3v) is 6.55. The van der Waals surface area contributed by atoms with Crippen LogP contribution in [0.2, 0.25) is 0 Å². The van der Waals surface area contributed by atoms with E-state index in [0.717, 1.165) is 65.5 Å². The Morgan fingerprint density at radius 3 is 2.87 bits per heavy atom. The predicted molar refractivity (Wildman–Crippen MR) is 121 cm³/mol. The number of aromatic nitrogens is 6. The molecule has 160 valence electrons. The number of H-pyrrole nitrogens is 1. The third kappa shape index (κ3) is 3.65. The molecule has 0 spiro atoms. The quantitative estimate of drug-likeness (QED) is 0.514. The molecule has 2 N–H and O–H groups in total. The molecule has 1 saturated carbocycles. The molecule has 31 heavy (non-hydrogen) atoms. The molecule has 1 aliphatic carbocycles. The van der Waals surface area contributed by atoms with Crippen molar-refractivity contribution in [3.63, 3.8) is 0 Å². The smallest absolute Gasteiger partial charge is 0.179 e. The minimum atomic E-state index is 0.359. The maximum atomic E-state index is 5.03. The van der Waals surface area contributed by atoms with Crippen molar-refractivity contribution in [3.05, 3.63) is 42.0 Å². The van der Waals surface area contributed by atoms with E-state index in [1.165, 1.54) is 19.3 Å². The standard InChI is InChI=1S/C23H28N8/c1-30-11-4-5-16(10-12-30)31-23-21(24-13-19(28-23)15-8-9-15)22(29-31)25-14-20-26-17-6-2-3-7-18(17)27-20/h2-3,6-7,13,15-16H,4-5,8-12,14H2,1H3,(H,25,29)(H,26,27)/t16-/m1/s1. The van der Waals surface area contributed by atoms with Crippen molar-refractivity contribution < 1.29 is 0 Å². The number of hydrogen-bond acceptors (Lipinski definition) is 6. The molecule has 8 heteroatoms. The Balaban J connectivity index is 1.33. The molecule has 4 aromatic rings. The van der Waals surface area contributed by atoms with Gasteiger partial charge >= 0.3 is 0 Å². The highest BCUT2D eigenvalue weighted by molar-refractivity contribution is 5.83. The Bertz CT molecular complexity index is 1190. The van der Waals surface area contributed by atoms with Crippen molar-refractivity contribution in [3.8, 4) is 0 Å². The molecule has 3 aromatic heterocycles. The number of nitrogens with zero attached hydrogens (tertiary/aromatic N) is 6. The van der Waals surface area contributed by atoms with E-state index in [-0.39, 0.29) is 0 Å². The maximum Gasteiger partial charge on any atom is 0.179 e. The van der Waals surface area contributed by atoms with Gasteiger partial charge in [0.1, 0.15) is 5.82 Å². The van der Waals surface area contributed by atoms with E-state index in [0.29, 0.717) is 18.5 Å². The lowest BCUT2D eigenvalue weighted by atomic mass is 10.1. The lowest BCUT2D eigenvalue weighted by molar-refractivity contribution is 0.338. The van der Waals surface area contributed by atoms with Gasteiger partial charge in [0.05, 0.1) is 29.3 Å². The summed E-state index contributed by atoms with van der Waals surface area (Å²) >= 11 is 0. The van der Waals surface area contributed by atoms with Crippen molar-refractivity contribution in [2.24, 2.45) is 0 Å². The van der Waals surface area contributed by atoms with Gasteiger partial charge in [-0.25, -0.2) is 19.6 Å². The number of nitrogens with one attached hydrogen (secondary N) is 2. The highest BCUT2D eigenvalue weighted by Crippen LogP contribution is 2.39. The summed E-state index contributed by atoms with van der Waals surface area (Å²) in [4.78, 5) is 20.3. The molecule has 2 fully saturated rings. The van der Waals surface area contributed by atoms with Crippen LogP contribution in [0.5, 0.6) is 0 Å². The summed E-state index contributed by atoms with van der Waals surface area (Å²) in [5.74, 6) is 2.26. The van der Waals surface area contributed by atoms with E-state index in [1.54, 1.807) is 0 Å². The molecular formula is C23H28N8. The van der Waals surface area contributed by atoms with Crippen LogP contribution in [0.25, 0.3) is 22.2 Å². The average Bonchev–Trinajstić information content (AvgIpc) is 3.51. The van der Waals surface area contributed by atoms with Crippen LogP contribution >= 0.6 is 0 Å². The number of rotatable bonds is 5. The molecule has 1 aliphatic heterocycles.